The Bertz CT molecular complexity index is 617. The fraction of sp³-hybridized carbons (Fsp3) is 0.188. The van der Waals surface area contributed by atoms with E-state index < -0.39 is 0 Å². The van der Waals surface area contributed by atoms with Crippen molar-refractivity contribution in [1.82, 2.24) is 10.4 Å². The first-order valence-corrected chi connectivity index (χ1v) is 8.06. The van der Waals surface area contributed by atoms with Gasteiger partial charge in [-0.15, -0.1) is 0 Å². The Morgan fingerprint density at radius 3 is 2.68 bits per heavy atom. The Hall–Kier alpha value is -2.34. The van der Waals surface area contributed by atoms with Crippen molar-refractivity contribution in [2.24, 2.45) is 10.8 Å². The van der Waals surface area contributed by atoms with Crippen LogP contribution in [-0.2, 0) is 5.75 Å². The van der Waals surface area contributed by atoms with Gasteiger partial charge in [-0.1, -0.05) is 24.3 Å². The molecule has 114 valence electrons. The van der Waals surface area contributed by atoms with Gasteiger partial charge in [0.1, 0.15) is 5.84 Å². The van der Waals surface area contributed by atoms with Gasteiger partial charge in [0.25, 0.3) is 5.91 Å². The second-order valence-corrected chi connectivity index (χ2v) is 5.64. The molecular weight excluding hydrogens is 296 g/mol. The van der Waals surface area contributed by atoms with Crippen LogP contribution in [0.1, 0.15) is 22.5 Å². The number of rotatable bonds is 7. The van der Waals surface area contributed by atoms with E-state index >= 15 is 0 Å². The van der Waals surface area contributed by atoms with Crippen LogP contribution in [0.25, 0.3) is 0 Å². The maximum Gasteiger partial charge on any atom is 0.271 e. The summed E-state index contributed by atoms with van der Waals surface area (Å²) in [5.74, 6) is 1.82. The molecule has 1 heterocycles. The summed E-state index contributed by atoms with van der Waals surface area (Å²) in [7, 11) is 0. The van der Waals surface area contributed by atoms with Gasteiger partial charge >= 0.3 is 0 Å². The molecule has 1 aromatic heterocycles. The molecule has 6 heteroatoms. The molecule has 0 bridgehead atoms. The van der Waals surface area contributed by atoms with Crippen LogP contribution in [0.3, 0.4) is 0 Å². The number of nitrogens with one attached hydrogen (secondary N) is 1. The number of hydrogen-bond donors (Lipinski definition) is 2. The van der Waals surface area contributed by atoms with E-state index in [0.717, 1.165) is 17.2 Å². The number of hydrazone groups is 1. The summed E-state index contributed by atoms with van der Waals surface area (Å²) < 4.78 is 0. The molecule has 0 unspecified atom stereocenters. The number of carbonyl (C=O) groups is 1. The molecule has 0 aliphatic heterocycles. The van der Waals surface area contributed by atoms with Gasteiger partial charge in [-0.25, -0.2) is 5.43 Å². The number of amidine groups is 1. The van der Waals surface area contributed by atoms with Crippen molar-refractivity contribution in [3.8, 4) is 0 Å². The fourth-order valence-electron chi connectivity index (χ4n) is 1.67. The summed E-state index contributed by atoms with van der Waals surface area (Å²) in [5.41, 5.74) is 9.85. The van der Waals surface area contributed by atoms with Crippen LogP contribution in [-0.4, -0.2) is 22.5 Å². The lowest BCUT2D eigenvalue weighted by Crippen LogP contribution is -2.23. The Morgan fingerprint density at radius 1 is 1.18 bits per heavy atom. The van der Waals surface area contributed by atoms with Crippen LogP contribution in [0, 0.1) is 0 Å². The lowest BCUT2D eigenvalue weighted by atomic mass is 10.2. The van der Waals surface area contributed by atoms with Crippen molar-refractivity contribution < 1.29 is 4.79 Å². The first kappa shape index (κ1) is 16.0. The number of pyridine rings is 1. The molecule has 2 aromatic rings. The van der Waals surface area contributed by atoms with E-state index in [-0.39, 0.29) is 5.91 Å². The zero-order chi connectivity index (χ0) is 15.6. The van der Waals surface area contributed by atoms with Crippen LogP contribution < -0.4 is 11.2 Å². The zero-order valence-electron chi connectivity index (χ0n) is 12.1. The number of thioether (sulfide) groups is 1. The minimum Gasteiger partial charge on any atom is -0.386 e. The Kier molecular flexibility index (Phi) is 6.44. The smallest absolute Gasteiger partial charge is 0.271 e. The van der Waals surface area contributed by atoms with Gasteiger partial charge in [0.05, 0.1) is 5.69 Å². The highest BCUT2D eigenvalue weighted by Gasteiger charge is 2.03. The number of amides is 1. The number of hydrogen-bond acceptors (Lipinski definition) is 4. The Balaban J connectivity index is 1.68. The number of carbonyl (C=O) groups excluding carboxylic acids is 1. The lowest BCUT2D eigenvalue weighted by molar-refractivity contribution is 0.0954. The van der Waals surface area contributed by atoms with Crippen LogP contribution in [0.4, 0.5) is 0 Å². The summed E-state index contributed by atoms with van der Waals surface area (Å²) in [6, 6.07) is 14.8. The first-order valence-electron chi connectivity index (χ1n) is 6.91. The Labute approximate surface area is 134 Å². The summed E-state index contributed by atoms with van der Waals surface area (Å²) in [4.78, 5) is 16.0. The highest BCUT2D eigenvalue weighted by atomic mass is 32.2. The molecule has 3 N–H and O–H groups in total. The van der Waals surface area contributed by atoms with Crippen LogP contribution in [0.5, 0.6) is 0 Å². The van der Waals surface area contributed by atoms with Crippen LogP contribution in [0.2, 0.25) is 0 Å². The van der Waals surface area contributed by atoms with E-state index in [9.17, 15) is 4.79 Å². The molecular formula is C16H18N4OS. The summed E-state index contributed by atoms with van der Waals surface area (Å²) >= 11 is 1.73. The third-order valence-corrected chi connectivity index (χ3v) is 3.81. The van der Waals surface area contributed by atoms with Gasteiger partial charge in [0.15, 0.2) is 0 Å². The standard InChI is InChI=1S/C16H18N4OS/c17-15(9-11-22-12-14-8-4-5-10-18-14)19-20-16(21)13-6-2-1-3-7-13/h1-8,10H,9,11-12H2,(H2,17,19)(H,20,21). The second-order valence-electron chi connectivity index (χ2n) is 4.53. The molecule has 1 amide bonds. The molecule has 0 radical (unpaired) electrons. The molecule has 22 heavy (non-hydrogen) atoms. The first-order chi connectivity index (χ1) is 10.8. The van der Waals surface area contributed by atoms with Crippen molar-refractivity contribution in [1.29, 1.82) is 0 Å². The summed E-state index contributed by atoms with van der Waals surface area (Å²) in [5, 5.41) is 3.91. The fourth-order valence-corrected chi connectivity index (χ4v) is 2.55. The van der Waals surface area contributed by atoms with E-state index in [1.54, 1.807) is 42.2 Å². The molecule has 1 aromatic carbocycles. The highest BCUT2D eigenvalue weighted by molar-refractivity contribution is 7.98. The predicted molar refractivity (Wildman–Crippen MR) is 90.5 cm³/mol. The quantitative estimate of drug-likeness (QED) is 0.356. The molecule has 0 spiro atoms. The molecule has 0 saturated carbocycles. The van der Waals surface area contributed by atoms with Crippen LogP contribution >= 0.6 is 11.8 Å². The van der Waals surface area contributed by atoms with Gasteiger partial charge in [0.2, 0.25) is 0 Å². The van der Waals surface area contributed by atoms with Gasteiger partial charge in [0, 0.05) is 29.7 Å². The van der Waals surface area contributed by atoms with Crippen LogP contribution in [0.15, 0.2) is 59.8 Å². The van der Waals surface area contributed by atoms with E-state index in [0.29, 0.717) is 17.8 Å². The Morgan fingerprint density at radius 2 is 1.95 bits per heavy atom. The predicted octanol–water partition coefficient (Wildman–Crippen LogP) is 2.41. The van der Waals surface area contributed by atoms with Crippen molar-refractivity contribution in [2.75, 3.05) is 5.75 Å². The normalized spacial score (nSPS) is 11.2. The third kappa shape index (κ3) is 5.57. The highest BCUT2D eigenvalue weighted by Crippen LogP contribution is 2.10. The average Bonchev–Trinajstić information content (AvgIpc) is 2.58. The van der Waals surface area contributed by atoms with E-state index in [1.165, 1.54) is 0 Å². The van der Waals surface area contributed by atoms with Gasteiger partial charge < -0.3 is 5.73 Å². The molecule has 2 rings (SSSR count). The van der Waals surface area contributed by atoms with Crippen molar-refractivity contribution >= 4 is 23.5 Å². The largest absolute Gasteiger partial charge is 0.386 e. The van der Waals surface area contributed by atoms with Gasteiger partial charge in [-0.3, -0.25) is 9.78 Å². The summed E-state index contributed by atoms with van der Waals surface area (Å²) in [6.45, 7) is 0. The molecule has 0 atom stereocenters. The minimum absolute atomic E-state index is 0.260. The number of nitrogens with zero attached hydrogens (tertiary/aromatic N) is 2. The third-order valence-electron chi connectivity index (χ3n) is 2.82. The molecule has 0 aliphatic carbocycles. The number of benzene rings is 1. The number of nitrogens with two attached hydrogens (primary N) is 1. The molecule has 0 fully saturated rings. The van der Waals surface area contributed by atoms with Gasteiger partial charge in [-0.05, 0) is 24.3 Å². The summed E-state index contributed by atoms with van der Waals surface area (Å²) in [6.07, 6.45) is 2.40. The van der Waals surface area contributed by atoms with E-state index in [1.807, 2.05) is 24.3 Å². The zero-order valence-corrected chi connectivity index (χ0v) is 12.9. The van der Waals surface area contributed by atoms with E-state index in [4.69, 9.17) is 5.73 Å². The number of aromatic nitrogens is 1. The average molecular weight is 314 g/mol. The monoisotopic (exact) mass is 314 g/mol. The maximum atomic E-state index is 11.8. The topological polar surface area (TPSA) is 80.4 Å². The molecule has 0 aliphatic rings. The maximum absolute atomic E-state index is 11.8. The van der Waals surface area contributed by atoms with Crippen molar-refractivity contribution in [2.45, 2.75) is 12.2 Å². The second kappa shape index (κ2) is 8.84. The lowest BCUT2D eigenvalue weighted by Gasteiger charge is -2.03. The SMILES string of the molecule is NC(CCSCc1ccccn1)=NNC(=O)c1ccccc1. The van der Waals surface area contributed by atoms with Gasteiger partial charge in [-0.2, -0.15) is 16.9 Å². The minimum atomic E-state index is -0.260. The molecule has 5 nitrogen and oxygen atoms in total. The molecule has 0 saturated heterocycles. The van der Waals surface area contributed by atoms with Crippen molar-refractivity contribution in [3.63, 3.8) is 0 Å². The van der Waals surface area contributed by atoms with E-state index in [2.05, 4.69) is 15.5 Å². The van der Waals surface area contributed by atoms with Crippen molar-refractivity contribution in [3.05, 3.63) is 66.0 Å².